The van der Waals surface area contributed by atoms with Crippen LogP contribution in [0.25, 0.3) is 0 Å². The monoisotopic (exact) mass is 265 g/mol. The van der Waals surface area contributed by atoms with Crippen LogP contribution in [0.2, 0.25) is 0 Å². The molecule has 1 aromatic rings. The fourth-order valence-electron chi connectivity index (χ4n) is 1.81. The Labute approximate surface area is 114 Å². The van der Waals surface area contributed by atoms with Crippen LogP contribution in [-0.4, -0.2) is 34.9 Å². The van der Waals surface area contributed by atoms with Gasteiger partial charge in [0.1, 0.15) is 0 Å². The second-order valence-corrected chi connectivity index (χ2v) is 6.13. The molecule has 0 bridgehead atoms. The Hall–Kier alpha value is -1.39. The molecule has 1 aromatic carbocycles. The first kappa shape index (κ1) is 15.7. The molecular formula is C15H23NO3. The van der Waals surface area contributed by atoms with Gasteiger partial charge >= 0.3 is 0 Å². The van der Waals surface area contributed by atoms with Crippen molar-refractivity contribution in [3.05, 3.63) is 35.4 Å². The lowest BCUT2D eigenvalue weighted by Crippen LogP contribution is -2.52. The summed E-state index contributed by atoms with van der Waals surface area (Å²) in [6, 6.07) is 7.38. The van der Waals surface area contributed by atoms with Crippen molar-refractivity contribution in [1.29, 1.82) is 0 Å². The minimum absolute atomic E-state index is 0.150. The normalized spacial score (nSPS) is 12.3. The minimum atomic E-state index is -1.01. The fraction of sp³-hybridized carbons (Fsp3) is 0.533. The number of amides is 1. The van der Waals surface area contributed by atoms with Crippen LogP contribution in [-0.2, 0) is 5.41 Å². The molecule has 1 amide bonds. The highest BCUT2D eigenvalue weighted by atomic mass is 16.3. The average Bonchev–Trinajstić information content (AvgIpc) is 2.37. The Kier molecular flexibility index (Phi) is 4.71. The van der Waals surface area contributed by atoms with E-state index in [9.17, 15) is 15.0 Å². The fourth-order valence-corrected chi connectivity index (χ4v) is 1.81. The molecule has 3 N–H and O–H groups in total. The van der Waals surface area contributed by atoms with Crippen LogP contribution in [0.3, 0.4) is 0 Å². The molecule has 19 heavy (non-hydrogen) atoms. The number of rotatable bonds is 4. The number of carbonyl (C=O) groups excluding carboxylic acids is 1. The standard InChI is InChI=1S/C15H23NO3/c1-14(2,3)12-8-6-5-7-11(12)13(19)16-15(4,9-17)10-18/h5-8,17-18H,9-10H2,1-4H3,(H,16,19). The van der Waals surface area contributed by atoms with Gasteiger partial charge in [-0.1, -0.05) is 39.0 Å². The number of benzene rings is 1. The molecule has 0 atom stereocenters. The van der Waals surface area contributed by atoms with Crippen molar-refractivity contribution in [2.75, 3.05) is 13.2 Å². The van der Waals surface area contributed by atoms with E-state index in [2.05, 4.69) is 5.32 Å². The molecular weight excluding hydrogens is 242 g/mol. The third kappa shape index (κ3) is 3.78. The van der Waals surface area contributed by atoms with Crippen LogP contribution in [0.4, 0.5) is 0 Å². The number of nitrogens with one attached hydrogen (secondary N) is 1. The van der Waals surface area contributed by atoms with E-state index in [1.54, 1.807) is 19.1 Å². The van der Waals surface area contributed by atoms with Crippen molar-refractivity contribution >= 4 is 5.91 Å². The first-order valence-electron chi connectivity index (χ1n) is 6.37. The van der Waals surface area contributed by atoms with E-state index in [0.717, 1.165) is 5.56 Å². The highest BCUT2D eigenvalue weighted by Crippen LogP contribution is 2.25. The van der Waals surface area contributed by atoms with Gasteiger partial charge in [-0.25, -0.2) is 0 Å². The van der Waals surface area contributed by atoms with E-state index in [4.69, 9.17) is 0 Å². The van der Waals surface area contributed by atoms with Crippen molar-refractivity contribution < 1.29 is 15.0 Å². The Bertz CT molecular complexity index is 445. The maximum absolute atomic E-state index is 12.3. The van der Waals surface area contributed by atoms with Gasteiger partial charge in [-0.05, 0) is 24.0 Å². The molecule has 0 saturated heterocycles. The van der Waals surface area contributed by atoms with Gasteiger partial charge in [0, 0.05) is 5.56 Å². The predicted molar refractivity (Wildman–Crippen MR) is 75.2 cm³/mol. The Morgan fingerprint density at radius 2 is 1.63 bits per heavy atom. The molecule has 0 aromatic heterocycles. The second kappa shape index (κ2) is 5.72. The largest absolute Gasteiger partial charge is 0.394 e. The lowest BCUT2D eigenvalue weighted by Gasteiger charge is -2.28. The van der Waals surface area contributed by atoms with Crippen molar-refractivity contribution in [3.8, 4) is 0 Å². The molecule has 0 aliphatic carbocycles. The molecule has 0 heterocycles. The first-order valence-corrected chi connectivity index (χ1v) is 6.37. The van der Waals surface area contributed by atoms with E-state index in [1.807, 2.05) is 32.9 Å². The molecule has 0 aliphatic rings. The zero-order valence-corrected chi connectivity index (χ0v) is 12.0. The molecule has 0 saturated carbocycles. The number of hydrogen-bond donors (Lipinski definition) is 3. The maximum atomic E-state index is 12.3. The number of hydrogen-bond acceptors (Lipinski definition) is 3. The summed E-state index contributed by atoms with van der Waals surface area (Å²) in [5.41, 5.74) is 0.346. The highest BCUT2D eigenvalue weighted by molar-refractivity contribution is 5.96. The Balaban J connectivity index is 3.08. The van der Waals surface area contributed by atoms with Gasteiger partial charge in [-0.15, -0.1) is 0 Å². The van der Waals surface area contributed by atoms with Crippen molar-refractivity contribution in [2.24, 2.45) is 0 Å². The van der Waals surface area contributed by atoms with Gasteiger partial charge in [-0.2, -0.15) is 0 Å². The lowest BCUT2D eigenvalue weighted by molar-refractivity contribution is 0.0722. The van der Waals surface area contributed by atoms with E-state index in [1.165, 1.54) is 0 Å². The summed E-state index contributed by atoms with van der Waals surface area (Å²) in [6.45, 7) is 7.09. The van der Waals surface area contributed by atoms with E-state index >= 15 is 0 Å². The molecule has 0 fully saturated rings. The molecule has 0 spiro atoms. The summed E-state index contributed by atoms with van der Waals surface area (Å²) in [5, 5.41) is 21.2. The zero-order chi connectivity index (χ0) is 14.7. The summed E-state index contributed by atoms with van der Waals surface area (Å²) in [4.78, 5) is 12.3. The van der Waals surface area contributed by atoms with Crippen LogP contribution in [0.15, 0.2) is 24.3 Å². The number of aliphatic hydroxyl groups is 2. The minimum Gasteiger partial charge on any atom is -0.394 e. The van der Waals surface area contributed by atoms with Gasteiger partial charge in [0.05, 0.1) is 18.8 Å². The quantitative estimate of drug-likeness (QED) is 0.772. The van der Waals surface area contributed by atoms with Gasteiger partial charge in [0.15, 0.2) is 0 Å². The van der Waals surface area contributed by atoms with Crippen LogP contribution >= 0.6 is 0 Å². The molecule has 4 nitrogen and oxygen atoms in total. The molecule has 0 aliphatic heterocycles. The van der Waals surface area contributed by atoms with E-state index in [-0.39, 0.29) is 24.5 Å². The van der Waals surface area contributed by atoms with Gasteiger partial charge in [-0.3, -0.25) is 4.79 Å². The van der Waals surface area contributed by atoms with E-state index < -0.39 is 5.54 Å². The summed E-state index contributed by atoms with van der Waals surface area (Å²) >= 11 is 0. The third-order valence-corrected chi connectivity index (χ3v) is 3.09. The topological polar surface area (TPSA) is 69.6 Å². The summed E-state index contributed by atoms with van der Waals surface area (Å²) in [7, 11) is 0. The average molecular weight is 265 g/mol. The molecule has 0 unspecified atom stereocenters. The van der Waals surface area contributed by atoms with Crippen molar-refractivity contribution in [1.82, 2.24) is 5.32 Å². The maximum Gasteiger partial charge on any atom is 0.252 e. The van der Waals surface area contributed by atoms with Crippen LogP contribution in [0.1, 0.15) is 43.6 Å². The third-order valence-electron chi connectivity index (χ3n) is 3.09. The van der Waals surface area contributed by atoms with Crippen LogP contribution in [0, 0.1) is 0 Å². The lowest BCUT2D eigenvalue weighted by atomic mass is 9.83. The molecule has 4 heteroatoms. The first-order chi connectivity index (χ1) is 8.73. The van der Waals surface area contributed by atoms with Gasteiger partial charge in [0.25, 0.3) is 5.91 Å². The van der Waals surface area contributed by atoms with Gasteiger partial charge in [0.2, 0.25) is 0 Å². The smallest absolute Gasteiger partial charge is 0.252 e. The highest BCUT2D eigenvalue weighted by Gasteiger charge is 2.28. The van der Waals surface area contributed by atoms with Crippen LogP contribution < -0.4 is 5.32 Å². The second-order valence-electron chi connectivity index (χ2n) is 6.13. The number of carbonyl (C=O) groups is 1. The summed E-state index contributed by atoms with van der Waals surface area (Å²) < 4.78 is 0. The molecule has 106 valence electrons. The Morgan fingerprint density at radius 3 is 2.11 bits per heavy atom. The summed E-state index contributed by atoms with van der Waals surface area (Å²) in [5.74, 6) is -0.281. The Morgan fingerprint density at radius 1 is 1.11 bits per heavy atom. The molecule has 1 rings (SSSR count). The van der Waals surface area contributed by atoms with Crippen LogP contribution in [0.5, 0.6) is 0 Å². The molecule has 0 radical (unpaired) electrons. The SMILES string of the molecule is CC(CO)(CO)NC(=O)c1ccccc1C(C)(C)C. The van der Waals surface area contributed by atoms with Crippen molar-refractivity contribution in [3.63, 3.8) is 0 Å². The van der Waals surface area contributed by atoms with Crippen molar-refractivity contribution in [2.45, 2.75) is 38.6 Å². The van der Waals surface area contributed by atoms with Gasteiger partial charge < -0.3 is 15.5 Å². The number of aliphatic hydroxyl groups excluding tert-OH is 2. The van der Waals surface area contributed by atoms with E-state index in [0.29, 0.717) is 5.56 Å². The zero-order valence-electron chi connectivity index (χ0n) is 12.0. The predicted octanol–water partition coefficient (Wildman–Crippen LogP) is 1.46. The summed E-state index contributed by atoms with van der Waals surface area (Å²) in [6.07, 6.45) is 0.